The van der Waals surface area contributed by atoms with E-state index >= 15 is 0 Å². The molecule has 2 heteroatoms. The molecule has 0 N–H and O–H groups in total. The standard InChI is InChI=1S/C18H15B.Na/c1-4-10-16(11-5-1)19(17-12-6-2-7-13-17)18-14-8-3-9-15-18;/h1-15H;/q;+1. The summed E-state index contributed by atoms with van der Waals surface area (Å²) in [5.41, 5.74) is 4.00. The molecule has 0 spiro atoms. The molecule has 0 unspecified atom stereocenters. The van der Waals surface area contributed by atoms with Gasteiger partial charge in [0.2, 0.25) is 6.71 Å². The predicted molar refractivity (Wildman–Crippen MR) is 84.0 cm³/mol. The van der Waals surface area contributed by atoms with Gasteiger partial charge < -0.3 is 0 Å². The fraction of sp³-hybridized carbons (Fsp3) is 0. The minimum absolute atomic E-state index is 0. The molecule has 3 rings (SSSR count). The van der Waals surface area contributed by atoms with Crippen LogP contribution in [-0.4, -0.2) is 6.71 Å². The maximum Gasteiger partial charge on any atom is 1.00 e. The molecule has 0 aromatic heterocycles. The third-order valence-corrected chi connectivity index (χ3v) is 3.40. The predicted octanol–water partition coefficient (Wildman–Crippen LogP) is -0.793. The van der Waals surface area contributed by atoms with Gasteiger partial charge in [0.05, 0.1) is 0 Å². The Morgan fingerprint density at radius 2 is 0.650 bits per heavy atom. The summed E-state index contributed by atoms with van der Waals surface area (Å²) in [6.45, 7) is 0.309. The summed E-state index contributed by atoms with van der Waals surface area (Å²) in [5.74, 6) is 0. The summed E-state index contributed by atoms with van der Waals surface area (Å²) < 4.78 is 0. The largest absolute Gasteiger partial charge is 1.00 e. The minimum atomic E-state index is 0. The van der Waals surface area contributed by atoms with E-state index in [0.29, 0.717) is 6.71 Å². The molecule has 0 aliphatic rings. The molecule has 90 valence electrons. The van der Waals surface area contributed by atoms with Crippen molar-refractivity contribution in [2.24, 2.45) is 0 Å². The van der Waals surface area contributed by atoms with E-state index in [1.54, 1.807) is 0 Å². The van der Waals surface area contributed by atoms with Crippen LogP contribution in [-0.2, 0) is 0 Å². The fourth-order valence-corrected chi connectivity index (χ4v) is 2.51. The van der Waals surface area contributed by atoms with Crippen molar-refractivity contribution < 1.29 is 29.6 Å². The molecule has 0 bridgehead atoms. The Kier molecular flexibility index (Phi) is 5.66. The third-order valence-electron chi connectivity index (χ3n) is 3.40. The second kappa shape index (κ2) is 7.49. The molecule has 0 aliphatic heterocycles. The zero-order chi connectivity index (χ0) is 12.9. The van der Waals surface area contributed by atoms with Gasteiger partial charge in [0, 0.05) is 0 Å². The molecule has 0 heterocycles. The Bertz CT molecular complexity index is 529. The summed E-state index contributed by atoms with van der Waals surface area (Å²) in [6.07, 6.45) is 0. The van der Waals surface area contributed by atoms with E-state index in [0.717, 1.165) is 0 Å². The van der Waals surface area contributed by atoms with Crippen LogP contribution in [0.3, 0.4) is 0 Å². The number of hydrogen-bond donors (Lipinski definition) is 0. The van der Waals surface area contributed by atoms with E-state index < -0.39 is 0 Å². The van der Waals surface area contributed by atoms with Crippen LogP contribution in [0, 0.1) is 0 Å². The molecule has 0 saturated carbocycles. The van der Waals surface area contributed by atoms with Crippen LogP contribution in [0.25, 0.3) is 0 Å². The molecule has 0 nitrogen and oxygen atoms in total. The van der Waals surface area contributed by atoms with Crippen LogP contribution in [0.1, 0.15) is 0 Å². The Hall–Kier alpha value is -1.28. The molecular formula is C18H15BNa+. The maximum absolute atomic E-state index is 2.20. The quantitative estimate of drug-likeness (QED) is 0.544. The first-order chi connectivity index (χ1) is 9.45. The van der Waals surface area contributed by atoms with Gasteiger partial charge in [-0.3, -0.25) is 0 Å². The van der Waals surface area contributed by atoms with E-state index in [2.05, 4.69) is 91.0 Å². The Morgan fingerprint density at radius 3 is 0.900 bits per heavy atom. The van der Waals surface area contributed by atoms with Gasteiger partial charge in [-0.15, -0.1) is 0 Å². The molecule has 3 aromatic carbocycles. The van der Waals surface area contributed by atoms with E-state index in [9.17, 15) is 0 Å². The van der Waals surface area contributed by atoms with Crippen molar-refractivity contribution in [3.05, 3.63) is 91.0 Å². The van der Waals surface area contributed by atoms with Crippen molar-refractivity contribution in [1.29, 1.82) is 0 Å². The average Bonchev–Trinajstić information content (AvgIpc) is 2.51. The van der Waals surface area contributed by atoms with Crippen molar-refractivity contribution in [3.8, 4) is 0 Å². The van der Waals surface area contributed by atoms with Crippen molar-refractivity contribution in [3.63, 3.8) is 0 Å². The molecule has 20 heavy (non-hydrogen) atoms. The molecule has 0 radical (unpaired) electrons. The van der Waals surface area contributed by atoms with E-state index in [-0.39, 0.29) is 29.6 Å². The number of benzene rings is 3. The topological polar surface area (TPSA) is 0 Å². The molecule has 3 aromatic rings. The van der Waals surface area contributed by atoms with Gasteiger partial charge in [-0.1, -0.05) is 107 Å². The van der Waals surface area contributed by atoms with Crippen LogP contribution < -0.4 is 45.9 Å². The first kappa shape index (κ1) is 15.1. The molecule has 0 aliphatic carbocycles. The summed E-state index contributed by atoms with van der Waals surface area (Å²) in [7, 11) is 0. The number of hydrogen-bond acceptors (Lipinski definition) is 0. The zero-order valence-corrected chi connectivity index (χ0v) is 13.7. The number of rotatable bonds is 3. The van der Waals surface area contributed by atoms with Gasteiger partial charge in [-0.2, -0.15) is 0 Å². The molecule has 0 saturated heterocycles. The molecule has 0 atom stereocenters. The zero-order valence-electron chi connectivity index (χ0n) is 11.7. The Labute approximate surface area is 143 Å². The second-order valence-corrected chi connectivity index (χ2v) is 4.67. The van der Waals surface area contributed by atoms with Crippen LogP contribution >= 0.6 is 0 Å². The average molecular weight is 265 g/mol. The van der Waals surface area contributed by atoms with Gasteiger partial charge in [0.15, 0.2) is 0 Å². The summed E-state index contributed by atoms with van der Waals surface area (Å²) in [5, 5.41) is 0. The van der Waals surface area contributed by atoms with Crippen LogP contribution in [0.5, 0.6) is 0 Å². The third kappa shape index (κ3) is 3.43. The second-order valence-electron chi connectivity index (χ2n) is 4.67. The van der Waals surface area contributed by atoms with E-state index in [4.69, 9.17) is 0 Å². The van der Waals surface area contributed by atoms with Crippen molar-refractivity contribution >= 4 is 23.1 Å². The van der Waals surface area contributed by atoms with Crippen LogP contribution in [0.2, 0.25) is 0 Å². The van der Waals surface area contributed by atoms with Gasteiger partial charge in [0.1, 0.15) is 0 Å². The fourth-order valence-electron chi connectivity index (χ4n) is 2.51. The van der Waals surface area contributed by atoms with Gasteiger partial charge in [0.25, 0.3) is 0 Å². The van der Waals surface area contributed by atoms with Crippen molar-refractivity contribution in [2.45, 2.75) is 0 Å². The van der Waals surface area contributed by atoms with Crippen LogP contribution in [0.4, 0.5) is 0 Å². The normalized spacial score (nSPS) is 9.60. The molecular weight excluding hydrogens is 250 g/mol. The molecule has 0 amide bonds. The summed E-state index contributed by atoms with van der Waals surface area (Å²) in [6, 6.07) is 32.0. The van der Waals surface area contributed by atoms with E-state index in [1.165, 1.54) is 16.4 Å². The SMILES string of the molecule is [Na+].c1ccc(B(c2ccccc2)c2ccccc2)cc1. The van der Waals surface area contributed by atoms with Crippen molar-refractivity contribution in [1.82, 2.24) is 0 Å². The molecule has 0 fully saturated rings. The first-order valence-electron chi connectivity index (χ1n) is 6.60. The minimum Gasteiger partial charge on any atom is -0.0687 e. The smallest absolute Gasteiger partial charge is 0.0687 e. The van der Waals surface area contributed by atoms with Gasteiger partial charge in [-0.05, 0) is 0 Å². The van der Waals surface area contributed by atoms with Gasteiger partial charge >= 0.3 is 29.6 Å². The summed E-state index contributed by atoms with van der Waals surface area (Å²) in [4.78, 5) is 0. The Balaban J connectivity index is 0.00000147. The van der Waals surface area contributed by atoms with Crippen LogP contribution in [0.15, 0.2) is 91.0 Å². The van der Waals surface area contributed by atoms with Crippen molar-refractivity contribution in [2.75, 3.05) is 0 Å². The van der Waals surface area contributed by atoms with Gasteiger partial charge in [-0.25, -0.2) is 0 Å². The summed E-state index contributed by atoms with van der Waals surface area (Å²) >= 11 is 0. The van der Waals surface area contributed by atoms with E-state index in [1.807, 2.05) is 0 Å². The Morgan fingerprint density at radius 1 is 0.400 bits per heavy atom. The maximum atomic E-state index is 2.20. The monoisotopic (exact) mass is 265 g/mol. The first-order valence-corrected chi connectivity index (χ1v) is 6.60.